The highest BCUT2D eigenvalue weighted by Crippen LogP contribution is 2.07. The molecule has 1 aromatic carbocycles. The van der Waals surface area contributed by atoms with Gasteiger partial charge in [-0.2, -0.15) is 0 Å². The standard InChI is InChI=1S/C11H14FNO4/c12-9-3-1-8(2-4-9)5-13(11(16)17)6-10(15)7-14/h1-4,10,14-15H,5-7H2,(H,16,17). The number of aliphatic hydroxyl groups excluding tert-OH is 2. The van der Waals surface area contributed by atoms with Crippen LogP contribution in [0.3, 0.4) is 0 Å². The van der Waals surface area contributed by atoms with Crippen LogP contribution in [0.1, 0.15) is 5.56 Å². The fourth-order valence-electron chi connectivity index (χ4n) is 1.33. The quantitative estimate of drug-likeness (QED) is 0.709. The highest BCUT2D eigenvalue weighted by Gasteiger charge is 2.16. The van der Waals surface area contributed by atoms with Crippen LogP contribution < -0.4 is 0 Å². The van der Waals surface area contributed by atoms with Gasteiger partial charge in [0.2, 0.25) is 0 Å². The lowest BCUT2D eigenvalue weighted by Crippen LogP contribution is -2.37. The summed E-state index contributed by atoms with van der Waals surface area (Å²) < 4.78 is 12.6. The van der Waals surface area contributed by atoms with Gasteiger partial charge < -0.3 is 20.2 Å². The number of benzene rings is 1. The Balaban J connectivity index is 2.66. The molecule has 0 aliphatic heterocycles. The molecule has 3 N–H and O–H groups in total. The maximum absolute atomic E-state index is 12.6. The third-order valence-electron chi connectivity index (χ3n) is 2.20. The summed E-state index contributed by atoms with van der Waals surface area (Å²) in [5.74, 6) is -0.397. The van der Waals surface area contributed by atoms with Crippen LogP contribution in [0.5, 0.6) is 0 Å². The molecular weight excluding hydrogens is 229 g/mol. The molecule has 0 fully saturated rings. The van der Waals surface area contributed by atoms with Crippen molar-refractivity contribution in [2.24, 2.45) is 0 Å². The molecule has 1 aromatic rings. The van der Waals surface area contributed by atoms with Gasteiger partial charge in [0, 0.05) is 6.54 Å². The van der Waals surface area contributed by atoms with Gasteiger partial charge in [-0.3, -0.25) is 0 Å². The summed E-state index contributed by atoms with van der Waals surface area (Å²) in [6.45, 7) is -0.664. The minimum absolute atomic E-state index is 0.0344. The van der Waals surface area contributed by atoms with Gasteiger partial charge in [0.15, 0.2) is 0 Å². The van der Waals surface area contributed by atoms with E-state index in [1.807, 2.05) is 0 Å². The second-order valence-corrected chi connectivity index (χ2v) is 3.63. The lowest BCUT2D eigenvalue weighted by Gasteiger charge is -2.21. The molecule has 0 aliphatic carbocycles. The van der Waals surface area contributed by atoms with Crippen molar-refractivity contribution in [3.05, 3.63) is 35.6 Å². The predicted molar refractivity (Wildman–Crippen MR) is 57.9 cm³/mol. The lowest BCUT2D eigenvalue weighted by atomic mass is 10.2. The molecule has 0 heterocycles. The number of rotatable bonds is 5. The summed E-state index contributed by atoms with van der Waals surface area (Å²) in [5.41, 5.74) is 0.610. The molecule has 6 heteroatoms. The van der Waals surface area contributed by atoms with Crippen LogP contribution in [-0.2, 0) is 6.54 Å². The molecule has 0 saturated heterocycles. The average Bonchev–Trinajstić information content (AvgIpc) is 2.30. The molecule has 1 amide bonds. The highest BCUT2D eigenvalue weighted by molar-refractivity contribution is 5.65. The maximum Gasteiger partial charge on any atom is 0.407 e. The normalized spacial score (nSPS) is 12.2. The first-order chi connectivity index (χ1) is 8.02. The van der Waals surface area contributed by atoms with Gasteiger partial charge in [0.25, 0.3) is 0 Å². The van der Waals surface area contributed by atoms with Crippen LogP contribution in [0.25, 0.3) is 0 Å². The Morgan fingerprint density at radius 2 is 1.94 bits per heavy atom. The van der Waals surface area contributed by atoms with Gasteiger partial charge in [-0.15, -0.1) is 0 Å². The lowest BCUT2D eigenvalue weighted by molar-refractivity contribution is 0.0554. The topological polar surface area (TPSA) is 81.0 Å². The van der Waals surface area contributed by atoms with Gasteiger partial charge in [-0.25, -0.2) is 9.18 Å². The molecule has 0 saturated carbocycles. The van der Waals surface area contributed by atoms with Crippen molar-refractivity contribution >= 4 is 6.09 Å². The van der Waals surface area contributed by atoms with E-state index in [1.165, 1.54) is 24.3 Å². The molecule has 0 spiro atoms. The van der Waals surface area contributed by atoms with Crippen molar-refractivity contribution in [1.29, 1.82) is 0 Å². The number of hydrogen-bond acceptors (Lipinski definition) is 3. The number of amides is 1. The monoisotopic (exact) mass is 243 g/mol. The molecule has 94 valence electrons. The molecule has 0 aromatic heterocycles. The Morgan fingerprint density at radius 3 is 2.41 bits per heavy atom. The minimum atomic E-state index is -1.21. The largest absolute Gasteiger partial charge is 0.465 e. The van der Waals surface area contributed by atoms with Crippen LogP contribution in [0.2, 0.25) is 0 Å². The zero-order valence-electron chi connectivity index (χ0n) is 9.08. The number of hydrogen-bond donors (Lipinski definition) is 3. The molecular formula is C11H14FNO4. The second kappa shape index (κ2) is 6.17. The van der Waals surface area contributed by atoms with E-state index in [4.69, 9.17) is 10.2 Å². The zero-order valence-corrected chi connectivity index (χ0v) is 9.08. The van der Waals surface area contributed by atoms with Gasteiger partial charge in [0.05, 0.1) is 19.3 Å². The number of carbonyl (C=O) groups is 1. The summed E-state index contributed by atoms with van der Waals surface area (Å²) in [7, 11) is 0. The van der Waals surface area contributed by atoms with Crippen LogP contribution in [0.15, 0.2) is 24.3 Å². The first kappa shape index (κ1) is 13.4. The van der Waals surface area contributed by atoms with Gasteiger partial charge >= 0.3 is 6.09 Å². The summed E-state index contributed by atoms with van der Waals surface area (Å²) in [6, 6.07) is 5.41. The maximum atomic E-state index is 12.6. The van der Waals surface area contributed by atoms with E-state index in [9.17, 15) is 14.3 Å². The molecule has 5 nitrogen and oxygen atoms in total. The second-order valence-electron chi connectivity index (χ2n) is 3.63. The van der Waals surface area contributed by atoms with Crippen LogP contribution in [0, 0.1) is 5.82 Å². The Hall–Kier alpha value is -1.66. The number of aliphatic hydroxyl groups is 2. The molecule has 1 unspecified atom stereocenters. The molecule has 17 heavy (non-hydrogen) atoms. The molecule has 0 bridgehead atoms. The Bertz CT molecular complexity index is 368. The molecule has 1 rings (SSSR count). The Kier molecular flexibility index (Phi) is 4.86. The van der Waals surface area contributed by atoms with E-state index in [0.717, 1.165) is 4.90 Å². The summed E-state index contributed by atoms with van der Waals surface area (Å²) in [5, 5.41) is 26.7. The van der Waals surface area contributed by atoms with Crippen molar-refractivity contribution in [1.82, 2.24) is 4.90 Å². The number of nitrogens with zero attached hydrogens (tertiary/aromatic N) is 1. The zero-order chi connectivity index (χ0) is 12.8. The first-order valence-electron chi connectivity index (χ1n) is 5.04. The van der Waals surface area contributed by atoms with Crippen LogP contribution >= 0.6 is 0 Å². The SMILES string of the molecule is O=C(O)N(Cc1ccc(F)cc1)CC(O)CO. The van der Waals surface area contributed by atoms with Crippen molar-refractivity contribution in [2.45, 2.75) is 12.6 Å². The van der Waals surface area contributed by atoms with Gasteiger partial charge in [-0.05, 0) is 17.7 Å². The predicted octanol–water partition coefficient (Wildman–Crippen LogP) is 0.659. The third kappa shape index (κ3) is 4.38. The summed E-state index contributed by atoms with van der Waals surface area (Å²) >= 11 is 0. The average molecular weight is 243 g/mol. The third-order valence-corrected chi connectivity index (χ3v) is 2.20. The van der Waals surface area contributed by atoms with Crippen LogP contribution in [-0.4, -0.2) is 45.6 Å². The van der Waals surface area contributed by atoms with E-state index < -0.39 is 24.6 Å². The number of carboxylic acid groups (broad SMARTS) is 1. The van der Waals surface area contributed by atoms with Gasteiger partial charge in [0.1, 0.15) is 5.82 Å². The summed E-state index contributed by atoms with van der Waals surface area (Å²) in [6.07, 6.45) is -2.33. The van der Waals surface area contributed by atoms with Crippen LogP contribution in [0.4, 0.5) is 9.18 Å². The van der Waals surface area contributed by atoms with E-state index >= 15 is 0 Å². The fourth-order valence-corrected chi connectivity index (χ4v) is 1.33. The smallest absolute Gasteiger partial charge is 0.407 e. The Labute approximate surface area is 97.7 Å². The van der Waals surface area contributed by atoms with Gasteiger partial charge in [-0.1, -0.05) is 12.1 Å². The van der Waals surface area contributed by atoms with Crippen molar-refractivity contribution in [3.63, 3.8) is 0 Å². The molecule has 0 aliphatic rings. The van der Waals surface area contributed by atoms with E-state index in [0.29, 0.717) is 5.56 Å². The summed E-state index contributed by atoms with van der Waals surface area (Å²) in [4.78, 5) is 11.8. The highest BCUT2D eigenvalue weighted by atomic mass is 19.1. The number of halogens is 1. The Morgan fingerprint density at radius 1 is 1.35 bits per heavy atom. The van der Waals surface area contributed by atoms with Crippen molar-refractivity contribution in [3.8, 4) is 0 Å². The van der Waals surface area contributed by atoms with Crippen molar-refractivity contribution < 1.29 is 24.5 Å². The van der Waals surface area contributed by atoms with E-state index in [2.05, 4.69) is 0 Å². The fraction of sp³-hybridized carbons (Fsp3) is 0.364. The molecule has 0 radical (unpaired) electrons. The molecule has 1 atom stereocenters. The minimum Gasteiger partial charge on any atom is -0.465 e. The van der Waals surface area contributed by atoms with Crippen molar-refractivity contribution in [2.75, 3.05) is 13.2 Å². The van der Waals surface area contributed by atoms with E-state index in [1.54, 1.807) is 0 Å². The first-order valence-corrected chi connectivity index (χ1v) is 5.04. The van der Waals surface area contributed by atoms with E-state index in [-0.39, 0.29) is 13.1 Å².